The van der Waals surface area contributed by atoms with Gasteiger partial charge in [-0.2, -0.15) is 12.6 Å². The van der Waals surface area contributed by atoms with Gasteiger partial charge in [0, 0.05) is 19.5 Å². The topological polar surface area (TPSA) is 20.3 Å². The molecule has 1 aliphatic heterocycles. The van der Waals surface area contributed by atoms with E-state index in [1.54, 1.807) is 0 Å². The minimum Gasteiger partial charge on any atom is -0.342 e. The molecule has 1 amide bonds. The van der Waals surface area contributed by atoms with Gasteiger partial charge in [-0.15, -0.1) is 0 Å². The normalized spacial score (nSPS) is 24.6. The van der Waals surface area contributed by atoms with Crippen LogP contribution in [0.5, 0.6) is 0 Å². The number of nitrogens with zero attached hydrogens (tertiary/aromatic N) is 1. The number of amides is 1. The molecule has 0 spiro atoms. The monoisotopic (exact) mass is 257 g/mol. The van der Waals surface area contributed by atoms with Crippen LogP contribution in [-0.2, 0) is 4.79 Å². The van der Waals surface area contributed by atoms with Gasteiger partial charge in [0.05, 0.1) is 0 Å². The first kappa shape index (κ1) is 14.9. The highest BCUT2D eigenvalue weighted by molar-refractivity contribution is 7.80. The van der Waals surface area contributed by atoms with Crippen LogP contribution in [0.4, 0.5) is 0 Å². The van der Waals surface area contributed by atoms with Crippen molar-refractivity contribution >= 4 is 18.5 Å². The Kier molecular flexibility index (Phi) is 5.36. The summed E-state index contributed by atoms with van der Waals surface area (Å²) in [5.74, 6) is 2.35. The van der Waals surface area contributed by atoms with Crippen LogP contribution in [0.3, 0.4) is 0 Å². The van der Waals surface area contributed by atoms with Crippen molar-refractivity contribution in [3.8, 4) is 0 Å². The van der Waals surface area contributed by atoms with Gasteiger partial charge >= 0.3 is 0 Å². The van der Waals surface area contributed by atoms with Gasteiger partial charge in [-0.1, -0.05) is 27.7 Å². The summed E-state index contributed by atoms with van der Waals surface area (Å²) in [6.45, 7) is 10.8. The predicted octanol–water partition coefficient (Wildman–Crippen LogP) is 3.23. The van der Waals surface area contributed by atoms with E-state index in [0.29, 0.717) is 17.7 Å². The van der Waals surface area contributed by atoms with Gasteiger partial charge < -0.3 is 4.90 Å². The zero-order valence-electron chi connectivity index (χ0n) is 11.7. The molecule has 1 aliphatic rings. The molecule has 17 heavy (non-hydrogen) atoms. The Bertz CT molecular complexity index is 259. The van der Waals surface area contributed by atoms with Crippen molar-refractivity contribution in [3.63, 3.8) is 0 Å². The maximum absolute atomic E-state index is 12.0. The van der Waals surface area contributed by atoms with E-state index in [1.807, 2.05) is 0 Å². The van der Waals surface area contributed by atoms with Gasteiger partial charge in [-0.25, -0.2) is 0 Å². The van der Waals surface area contributed by atoms with Gasteiger partial charge in [0.1, 0.15) is 0 Å². The molecule has 1 fully saturated rings. The minimum atomic E-state index is 0.222. The Balaban J connectivity index is 2.62. The van der Waals surface area contributed by atoms with Crippen LogP contribution in [0.25, 0.3) is 0 Å². The molecule has 0 aromatic rings. The molecule has 0 aliphatic carbocycles. The molecule has 0 aromatic carbocycles. The largest absolute Gasteiger partial charge is 0.342 e. The fraction of sp³-hybridized carbons (Fsp3) is 0.929. The first-order valence-corrected chi connectivity index (χ1v) is 7.36. The van der Waals surface area contributed by atoms with Crippen LogP contribution in [0.15, 0.2) is 0 Å². The average molecular weight is 257 g/mol. The summed E-state index contributed by atoms with van der Waals surface area (Å²) >= 11 is 4.44. The summed E-state index contributed by atoms with van der Waals surface area (Å²) in [5, 5.41) is 0. The van der Waals surface area contributed by atoms with Crippen LogP contribution in [-0.4, -0.2) is 29.6 Å². The van der Waals surface area contributed by atoms with Crippen molar-refractivity contribution in [3.05, 3.63) is 0 Å². The summed E-state index contributed by atoms with van der Waals surface area (Å²) in [7, 11) is 0. The summed E-state index contributed by atoms with van der Waals surface area (Å²) in [5.41, 5.74) is 0.222. The van der Waals surface area contributed by atoms with E-state index < -0.39 is 0 Å². The summed E-state index contributed by atoms with van der Waals surface area (Å²) in [6, 6.07) is 0. The average Bonchev–Trinajstić information content (AvgIpc) is 2.38. The molecule has 1 heterocycles. The molecule has 0 bridgehead atoms. The molecule has 2 nitrogen and oxygen atoms in total. The zero-order valence-corrected chi connectivity index (χ0v) is 12.6. The van der Waals surface area contributed by atoms with Crippen LogP contribution in [0.1, 0.15) is 47.0 Å². The lowest BCUT2D eigenvalue weighted by molar-refractivity contribution is -0.131. The smallest absolute Gasteiger partial charge is 0.222 e. The number of rotatable bonds is 3. The number of carbonyl (C=O) groups is 1. The van der Waals surface area contributed by atoms with E-state index in [9.17, 15) is 4.79 Å². The SMILES string of the molecule is CC1CCC(=O)N(CC(CS)C(C)(C)C)CC1. The highest BCUT2D eigenvalue weighted by Crippen LogP contribution is 2.29. The number of likely N-dealkylation sites (tertiary alicyclic amines) is 1. The Hall–Kier alpha value is -0.180. The second-order valence-electron chi connectivity index (χ2n) is 6.52. The van der Waals surface area contributed by atoms with Gasteiger partial charge in [-0.3, -0.25) is 4.79 Å². The second kappa shape index (κ2) is 6.12. The zero-order chi connectivity index (χ0) is 13.1. The van der Waals surface area contributed by atoms with Crippen molar-refractivity contribution in [1.82, 2.24) is 4.90 Å². The Labute approximate surface area is 112 Å². The van der Waals surface area contributed by atoms with E-state index >= 15 is 0 Å². The number of thiol groups is 1. The molecule has 0 N–H and O–H groups in total. The Morgan fingerprint density at radius 3 is 2.59 bits per heavy atom. The molecule has 100 valence electrons. The molecule has 0 saturated carbocycles. The lowest BCUT2D eigenvalue weighted by Crippen LogP contribution is -2.39. The molecule has 2 atom stereocenters. The van der Waals surface area contributed by atoms with Crippen molar-refractivity contribution in [2.24, 2.45) is 17.3 Å². The Morgan fingerprint density at radius 1 is 1.41 bits per heavy atom. The molecule has 2 unspecified atom stereocenters. The predicted molar refractivity (Wildman–Crippen MR) is 76.4 cm³/mol. The first-order valence-electron chi connectivity index (χ1n) is 6.73. The molecular formula is C14H27NOS. The van der Waals surface area contributed by atoms with E-state index in [4.69, 9.17) is 0 Å². The fourth-order valence-corrected chi connectivity index (χ4v) is 2.90. The summed E-state index contributed by atoms with van der Waals surface area (Å²) < 4.78 is 0. The van der Waals surface area contributed by atoms with Gasteiger partial charge in [0.25, 0.3) is 0 Å². The van der Waals surface area contributed by atoms with E-state index in [0.717, 1.165) is 38.1 Å². The minimum absolute atomic E-state index is 0.222. The van der Waals surface area contributed by atoms with Gasteiger partial charge in [-0.05, 0) is 35.8 Å². The second-order valence-corrected chi connectivity index (χ2v) is 6.88. The summed E-state index contributed by atoms with van der Waals surface area (Å²) in [4.78, 5) is 14.1. The lowest BCUT2D eigenvalue weighted by atomic mass is 9.81. The maximum atomic E-state index is 12.0. The van der Waals surface area contributed by atoms with Crippen LogP contribution in [0.2, 0.25) is 0 Å². The number of hydrogen-bond acceptors (Lipinski definition) is 2. The van der Waals surface area contributed by atoms with Gasteiger partial charge in [0.15, 0.2) is 0 Å². The summed E-state index contributed by atoms with van der Waals surface area (Å²) in [6.07, 6.45) is 2.93. The van der Waals surface area contributed by atoms with Crippen molar-refractivity contribution in [2.45, 2.75) is 47.0 Å². The van der Waals surface area contributed by atoms with Crippen LogP contribution >= 0.6 is 12.6 Å². The van der Waals surface area contributed by atoms with Crippen LogP contribution < -0.4 is 0 Å². The highest BCUT2D eigenvalue weighted by atomic mass is 32.1. The van der Waals surface area contributed by atoms with Crippen LogP contribution in [0, 0.1) is 17.3 Å². The van der Waals surface area contributed by atoms with Crippen molar-refractivity contribution in [1.29, 1.82) is 0 Å². The van der Waals surface area contributed by atoms with E-state index in [1.165, 1.54) is 0 Å². The third-order valence-corrected chi connectivity index (χ3v) is 4.42. The quantitative estimate of drug-likeness (QED) is 0.770. The lowest BCUT2D eigenvalue weighted by Gasteiger charge is -2.34. The standard InChI is InChI=1S/C14H27NOS/c1-11-5-6-13(16)15(8-7-11)9-12(10-17)14(2,3)4/h11-12,17H,5-10H2,1-4H3. The molecular weight excluding hydrogens is 230 g/mol. The number of carbonyl (C=O) groups excluding carboxylic acids is 1. The molecule has 1 saturated heterocycles. The maximum Gasteiger partial charge on any atom is 0.222 e. The van der Waals surface area contributed by atoms with Gasteiger partial charge in [0.2, 0.25) is 5.91 Å². The van der Waals surface area contributed by atoms with E-state index in [-0.39, 0.29) is 5.41 Å². The molecule has 0 radical (unpaired) electrons. The van der Waals surface area contributed by atoms with Crippen molar-refractivity contribution in [2.75, 3.05) is 18.8 Å². The molecule has 1 rings (SSSR count). The first-order chi connectivity index (χ1) is 7.84. The molecule has 0 aromatic heterocycles. The van der Waals surface area contributed by atoms with Crippen molar-refractivity contribution < 1.29 is 4.79 Å². The molecule has 3 heteroatoms. The number of hydrogen-bond donors (Lipinski definition) is 1. The Morgan fingerprint density at radius 2 is 2.06 bits per heavy atom. The highest BCUT2D eigenvalue weighted by Gasteiger charge is 2.28. The third kappa shape index (κ3) is 4.53. The fourth-order valence-electron chi connectivity index (χ4n) is 2.24. The van der Waals surface area contributed by atoms with E-state index in [2.05, 4.69) is 45.2 Å². The third-order valence-electron chi connectivity index (χ3n) is 3.98.